The Balaban J connectivity index is 3.76. The second-order valence-corrected chi connectivity index (χ2v) is 3.23. The maximum atomic E-state index is 5.12. The Hall–Kier alpha value is 0.360. The highest BCUT2D eigenvalue weighted by atomic mass is 79.9. The first-order valence-corrected chi connectivity index (χ1v) is 5.08. The van der Waals surface area contributed by atoms with Crippen molar-refractivity contribution in [3.05, 3.63) is 0 Å². The number of ether oxygens (including phenoxy) is 3. The Labute approximate surface area is 82.5 Å². The molecule has 0 radical (unpaired) electrons. The molecular weight excluding hydrogens is 224 g/mol. The molecule has 0 aromatic carbocycles. The smallest absolute Gasteiger partial charge is 0.282 e. The van der Waals surface area contributed by atoms with Crippen LogP contribution in [0.15, 0.2) is 0 Å². The Bertz CT molecular complexity index is 96.2. The molecule has 0 atom stereocenters. The van der Waals surface area contributed by atoms with Gasteiger partial charge >= 0.3 is 0 Å². The van der Waals surface area contributed by atoms with E-state index in [0.717, 1.165) is 24.6 Å². The SMILES string of the molecule is COC(CCCCBr)(OC)OC. The van der Waals surface area contributed by atoms with Crippen molar-refractivity contribution in [2.75, 3.05) is 26.7 Å². The van der Waals surface area contributed by atoms with Crippen molar-refractivity contribution in [2.24, 2.45) is 0 Å². The highest BCUT2D eigenvalue weighted by Gasteiger charge is 2.28. The van der Waals surface area contributed by atoms with Crippen LogP contribution in [-0.4, -0.2) is 32.6 Å². The average molecular weight is 241 g/mol. The molecule has 74 valence electrons. The van der Waals surface area contributed by atoms with E-state index in [-0.39, 0.29) is 0 Å². The van der Waals surface area contributed by atoms with Crippen molar-refractivity contribution in [1.82, 2.24) is 0 Å². The predicted octanol–water partition coefficient (Wildman–Crippen LogP) is 2.14. The molecule has 0 bridgehead atoms. The molecule has 0 amide bonds. The normalized spacial score (nSPS) is 12.0. The molecule has 0 aromatic heterocycles. The van der Waals surface area contributed by atoms with Crippen LogP contribution in [0.4, 0.5) is 0 Å². The summed E-state index contributed by atoms with van der Waals surface area (Å²) in [6.07, 6.45) is 2.86. The first-order valence-electron chi connectivity index (χ1n) is 3.96. The van der Waals surface area contributed by atoms with Gasteiger partial charge in [0.2, 0.25) is 0 Å². The van der Waals surface area contributed by atoms with Crippen molar-refractivity contribution >= 4 is 15.9 Å². The van der Waals surface area contributed by atoms with E-state index >= 15 is 0 Å². The quantitative estimate of drug-likeness (QED) is 0.388. The van der Waals surface area contributed by atoms with Crippen LogP contribution in [0.25, 0.3) is 0 Å². The molecule has 0 saturated heterocycles. The Morgan fingerprint density at radius 3 is 1.83 bits per heavy atom. The summed E-state index contributed by atoms with van der Waals surface area (Å²) < 4.78 is 15.4. The van der Waals surface area contributed by atoms with Crippen LogP contribution in [0.1, 0.15) is 19.3 Å². The van der Waals surface area contributed by atoms with E-state index in [9.17, 15) is 0 Å². The number of methoxy groups -OCH3 is 3. The van der Waals surface area contributed by atoms with E-state index in [0.29, 0.717) is 0 Å². The van der Waals surface area contributed by atoms with Crippen LogP contribution in [0.2, 0.25) is 0 Å². The maximum Gasteiger partial charge on any atom is 0.282 e. The van der Waals surface area contributed by atoms with Gasteiger partial charge in [0.05, 0.1) is 0 Å². The minimum atomic E-state index is -0.845. The first-order chi connectivity index (χ1) is 5.74. The minimum Gasteiger partial charge on any atom is -0.331 e. The lowest BCUT2D eigenvalue weighted by Crippen LogP contribution is -2.35. The van der Waals surface area contributed by atoms with Gasteiger partial charge in [-0.3, -0.25) is 0 Å². The van der Waals surface area contributed by atoms with Gasteiger partial charge in [0.25, 0.3) is 5.97 Å². The third-order valence-electron chi connectivity index (χ3n) is 1.80. The molecule has 12 heavy (non-hydrogen) atoms. The van der Waals surface area contributed by atoms with Crippen LogP contribution in [0.5, 0.6) is 0 Å². The third kappa shape index (κ3) is 3.85. The van der Waals surface area contributed by atoms with Gasteiger partial charge in [-0.2, -0.15) is 0 Å². The van der Waals surface area contributed by atoms with Crippen molar-refractivity contribution in [3.8, 4) is 0 Å². The van der Waals surface area contributed by atoms with Crippen LogP contribution >= 0.6 is 15.9 Å². The molecular formula is C8H17BrO3. The fraction of sp³-hybridized carbons (Fsp3) is 1.00. The van der Waals surface area contributed by atoms with Crippen LogP contribution < -0.4 is 0 Å². The minimum absolute atomic E-state index is 0.752. The molecule has 0 heterocycles. The van der Waals surface area contributed by atoms with Crippen molar-refractivity contribution in [1.29, 1.82) is 0 Å². The van der Waals surface area contributed by atoms with Crippen LogP contribution in [0.3, 0.4) is 0 Å². The van der Waals surface area contributed by atoms with Crippen LogP contribution in [0, 0.1) is 0 Å². The van der Waals surface area contributed by atoms with Crippen molar-refractivity contribution in [3.63, 3.8) is 0 Å². The lowest BCUT2D eigenvalue weighted by molar-refractivity contribution is -0.355. The first kappa shape index (κ1) is 12.4. The topological polar surface area (TPSA) is 27.7 Å². The second-order valence-electron chi connectivity index (χ2n) is 2.44. The van der Waals surface area contributed by atoms with Gasteiger partial charge in [-0.25, -0.2) is 0 Å². The third-order valence-corrected chi connectivity index (χ3v) is 2.36. The molecule has 0 spiro atoms. The number of alkyl halides is 1. The van der Waals surface area contributed by atoms with Gasteiger partial charge in [-0.05, 0) is 12.8 Å². The molecule has 0 aliphatic rings. The van der Waals surface area contributed by atoms with E-state index in [1.807, 2.05) is 0 Å². The molecule has 0 unspecified atom stereocenters. The van der Waals surface area contributed by atoms with Gasteiger partial charge in [0.15, 0.2) is 0 Å². The Morgan fingerprint density at radius 1 is 1.00 bits per heavy atom. The van der Waals surface area contributed by atoms with Gasteiger partial charge < -0.3 is 14.2 Å². The highest BCUT2D eigenvalue weighted by Crippen LogP contribution is 2.20. The summed E-state index contributed by atoms with van der Waals surface area (Å²) in [5.74, 6) is -0.845. The summed E-state index contributed by atoms with van der Waals surface area (Å²) in [7, 11) is 4.75. The van der Waals surface area contributed by atoms with Gasteiger partial charge in [0.1, 0.15) is 0 Å². The summed E-state index contributed by atoms with van der Waals surface area (Å²) >= 11 is 3.36. The lowest BCUT2D eigenvalue weighted by atomic mass is 10.2. The fourth-order valence-electron chi connectivity index (χ4n) is 0.992. The Kier molecular flexibility index (Phi) is 7.04. The molecule has 0 fully saturated rings. The summed E-state index contributed by atoms with van der Waals surface area (Å²) in [4.78, 5) is 0. The molecule has 0 N–H and O–H groups in total. The molecule has 0 aliphatic carbocycles. The summed E-state index contributed by atoms with van der Waals surface area (Å²) in [5, 5.41) is 1.00. The molecule has 0 aromatic rings. The van der Waals surface area contributed by atoms with Gasteiger partial charge in [-0.1, -0.05) is 15.9 Å². The molecule has 0 rings (SSSR count). The zero-order valence-corrected chi connectivity index (χ0v) is 9.52. The highest BCUT2D eigenvalue weighted by molar-refractivity contribution is 9.09. The van der Waals surface area contributed by atoms with Gasteiger partial charge in [0, 0.05) is 33.1 Å². The molecule has 0 aliphatic heterocycles. The van der Waals surface area contributed by atoms with E-state index in [1.54, 1.807) is 21.3 Å². The maximum absolute atomic E-state index is 5.12. The Morgan fingerprint density at radius 2 is 1.50 bits per heavy atom. The number of rotatable bonds is 7. The van der Waals surface area contributed by atoms with E-state index in [1.165, 1.54) is 0 Å². The zero-order chi connectivity index (χ0) is 9.45. The van der Waals surface area contributed by atoms with E-state index in [4.69, 9.17) is 14.2 Å². The zero-order valence-electron chi connectivity index (χ0n) is 7.93. The largest absolute Gasteiger partial charge is 0.331 e. The van der Waals surface area contributed by atoms with E-state index < -0.39 is 5.97 Å². The average Bonchev–Trinajstić information content (AvgIpc) is 2.14. The second kappa shape index (κ2) is 6.83. The summed E-state index contributed by atoms with van der Waals surface area (Å²) in [6, 6.07) is 0. The number of unbranched alkanes of at least 4 members (excludes halogenated alkanes) is 1. The number of hydrogen-bond acceptors (Lipinski definition) is 3. The van der Waals surface area contributed by atoms with Gasteiger partial charge in [-0.15, -0.1) is 0 Å². The number of halogens is 1. The van der Waals surface area contributed by atoms with Crippen molar-refractivity contribution in [2.45, 2.75) is 25.2 Å². The molecule has 0 saturated carbocycles. The number of hydrogen-bond donors (Lipinski definition) is 0. The summed E-state index contributed by atoms with van der Waals surface area (Å²) in [6.45, 7) is 0. The van der Waals surface area contributed by atoms with Crippen molar-refractivity contribution < 1.29 is 14.2 Å². The summed E-state index contributed by atoms with van der Waals surface area (Å²) in [5.41, 5.74) is 0. The predicted molar refractivity (Wildman–Crippen MR) is 51.4 cm³/mol. The standard InChI is InChI=1S/C8H17BrO3/c1-10-8(11-2,12-3)6-4-5-7-9/h4-7H2,1-3H3. The molecule has 4 heteroatoms. The van der Waals surface area contributed by atoms with Crippen LogP contribution in [-0.2, 0) is 14.2 Å². The monoisotopic (exact) mass is 240 g/mol. The fourth-order valence-corrected chi connectivity index (χ4v) is 1.39. The van der Waals surface area contributed by atoms with E-state index in [2.05, 4.69) is 15.9 Å². The molecule has 3 nitrogen and oxygen atoms in total. The lowest BCUT2D eigenvalue weighted by Gasteiger charge is -2.28.